The van der Waals surface area contributed by atoms with E-state index in [1.807, 2.05) is 6.92 Å². The first-order valence-corrected chi connectivity index (χ1v) is 9.27. The lowest BCUT2D eigenvalue weighted by atomic mass is 10.2. The molecule has 0 bridgehead atoms. The largest absolute Gasteiger partial charge is 0.495 e. The zero-order chi connectivity index (χ0) is 18.3. The van der Waals surface area contributed by atoms with E-state index in [0.29, 0.717) is 10.8 Å². The minimum absolute atomic E-state index is 0.0364. The minimum Gasteiger partial charge on any atom is -0.495 e. The van der Waals surface area contributed by atoms with Crippen LogP contribution in [0.3, 0.4) is 0 Å². The number of para-hydroxylation sites is 1. The number of hydrogen-bond acceptors (Lipinski definition) is 4. The number of sulfonamides is 1. The first-order chi connectivity index (χ1) is 11.9. The van der Waals surface area contributed by atoms with E-state index < -0.39 is 10.0 Å². The molecule has 0 saturated carbocycles. The third-order valence-corrected chi connectivity index (χ3v) is 4.96. The molecule has 0 saturated heterocycles. The summed E-state index contributed by atoms with van der Waals surface area (Å²) < 4.78 is 37.6. The first kappa shape index (κ1) is 19.1. The topological polar surface area (TPSA) is 64.6 Å². The van der Waals surface area contributed by atoms with Gasteiger partial charge in [0, 0.05) is 0 Å². The second kappa shape index (κ2) is 8.77. The summed E-state index contributed by atoms with van der Waals surface area (Å²) in [6, 6.07) is 12.0. The SMILES string of the molecule is COc1ccc(C)cc1S(=O)(=O)NCC#CCOc1ccccc1Cl. The van der Waals surface area contributed by atoms with Crippen molar-refractivity contribution in [3.8, 4) is 23.3 Å². The van der Waals surface area contributed by atoms with Gasteiger partial charge >= 0.3 is 0 Å². The molecule has 132 valence electrons. The molecule has 0 amide bonds. The average molecular weight is 380 g/mol. The van der Waals surface area contributed by atoms with E-state index in [0.717, 1.165) is 5.56 Å². The van der Waals surface area contributed by atoms with Gasteiger partial charge in [0.15, 0.2) is 0 Å². The molecule has 1 N–H and O–H groups in total. The fourth-order valence-electron chi connectivity index (χ4n) is 1.99. The second-order valence-electron chi connectivity index (χ2n) is 5.05. The molecule has 0 aliphatic carbocycles. The van der Waals surface area contributed by atoms with Crippen molar-refractivity contribution in [1.82, 2.24) is 4.72 Å². The van der Waals surface area contributed by atoms with Crippen molar-refractivity contribution in [1.29, 1.82) is 0 Å². The van der Waals surface area contributed by atoms with Crippen molar-refractivity contribution in [2.24, 2.45) is 0 Å². The molecule has 5 nitrogen and oxygen atoms in total. The zero-order valence-electron chi connectivity index (χ0n) is 13.9. The van der Waals surface area contributed by atoms with E-state index in [1.165, 1.54) is 7.11 Å². The predicted molar refractivity (Wildman–Crippen MR) is 97.6 cm³/mol. The summed E-state index contributed by atoms with van der Waals surface area (Å²) in [5, 5.41) is 0.497. The van der Waals surface area contributed by atoms with E-state index in [2.05, 4.69) is 16.6 Å². The highest BCUT2D eigenvalue weighted by atomic mass is 35.5. The normalized spacial score (nSPS) is 10.7. The summed E-state index contributed by atoms with van der Waals surface area (Å²) >= 11 is 5.96. The van der Waals surface area contributed by atoms with Crippen LogP contribution in [0.25, 0.3) is 0 Å². The summed E-state index contributed by atoms with van der Waals surface area (Å²) in [4.78, 5) is 0.0871. The van der Waals surface area contributed by atoms with Crippen LogP contribution in [-0.4, -0.2) is 28.7 Å². The van der Waals surface area contributed by atoms with Gasteiger partial charge in [-0.05, 0) is 36.8 Å². The molecule has 0 atom stereocenters. The van der Waals surface area contributed by atoms with Gasteiger partial charge in [0.25, 0.3) is 0 Å². The molecular formula is C18H18ClNO4S. The van der Waals surface area contributed by atoms with Crippen molar-refractivity contribution >= 4 is 21.6 Å². The molecular weight excluding hydrogens is 362 g/mol. The Balaban J connectivity index is 1.93. The third-order valence-electron chi connectivity index (χ3n) is 3.22. The smallest absolute Gasteiger partial charge is 0.245 e. The molecule has 25 heavy (non-hydrogen) atoms. The van der Waals surface area contributed by atoms with Gasteiger partial charge in [-0.2, -0.15) is 4.72 Å². The van der Waals surface area contributed by atoms with Crippen LogP contribution in [0.15, 0.2) is 47.4 Å². The summed E-state index contributed by atoms with van der Waals surface area (Å²) in [7, 11) is -2.28. The molecule has 7 heteroatoms. The van der Waals surface area contributed by atoms with Crippen LogP contribution in [0, 0.1) is 18.8 Å². The van der Waals surface area contributed by atoms with Gasteiger partial charge in [0.1, 0.15) is 23.0 Å². The van der Waals surface area contributed by atoms with Gasteiger partial charge in [0.05, 0.1) is 18.7 Å². The van der Waals surface area contributed by atoms with Crippen molar-refractivity contribution in [3.63, 3.8) is 0 Å². The Morgan fingerprint density at radius 3 is 2.60 bits per heavy atom. The minimum atomic E-state index is -3.71. The maximum atomic E-state index is 12.4. The molecule has 0 aliphatic heterocycles. The average Bonchev–Trinajstić information content (AvgIpc) is 2.59. The highest BCUT2D eigenvalue weighted by Gasteiger charge is 2.18. The Bertz CT molecular complexity index is 901. The third kappa shape index (κ3) is 5.40. The molecule has 0 aliphatic rings. The number of hydrogen-bond donors (Lipinski definition) is 1. The van der Waals surface area contributed by atoms with E-state index in [1.54, 1.807) is 42.5 Å². The van der Waals surface area contributed by atoms with Gasteiger partial charge in [-0.1, -0.05) is 41.6 Å². The highest BCUT2D eigenvalue weighted by molar-refractivity contribution is 7.89. The quantitative estimate of drug-likeness (QED) is 0.783. The number of methoxy groups -OCH3 is 1. The summed E-state index contributed by atoms with van der Waals surface area (Å²) in [6.45, 7) is 1.88. The van der Waals surface area contributed by atoms with E-state index in [4.69, 9.17) is 21.1 Å². The Labute approximate surface area is 153 Å². The number of aryl methyl sites for hydroxylation is 1. The van der Waals surface area contributed by atoms with Crippen LogP contribution in [0.1, 0.15) is 5.56 Å². The Hall–Kier alpha value is -2.20. The van der Waals surface area contributed by atoms with Crippen molar-refractivity contribution in [2.75, 3.05) is 20.3 Å². The van der Waals surface area contributed by atoms with Gasteiger partial charge in [-0.3, -0.25) is 0 Å². The molecule has 0 heterocycles. The number of benzene rings is 2. The predicted octanol–water partition coefficient (Wildman–Crippen LogP) is 3.02. The van der Waals surface area contributed by atoms with E-state index >= 15 is 0 Å². The molecule has 0 radical (unpaired) electrons. The van der Waals surface area contributed by atoms with Crippen molar-refractivity contribution in [2.45, 2.75) is 11.8 Å². The maximum Gasteiger partial charge on any atom is 0.245 e. The Kier molecular flexibility index (Phi) is 6.71. The zero-order valence-corrected chi connectivity index (χ0v) is 15.4. The molecule has 2 aromatic rings. The summed E-state index contributed by atoms with van der Waals surface area (Å²) in [5.74, 6) is 6.26. The number of nitrogens with one attached hydrogen (secondary N) is 1. The monoisotopic (exact) mass is 379 g/mol. The fourth-order valence-corrected chi connectivity index (χ4v) is 3.36. The van der Waals surface area contributed by atoms with E-state index in [9.17, 15) is 8.42 Å². The first-order valence-electron chi connectivity index (χ1n) is 7.41. The van der Waals surface area contributed by atoms with Gasteiger partial charge in [-0.15, -0.1) is 0 Å². The second-order valence-corrected chi connectivity index (χ2v) is 7.19. The standard InChI is InChI=1S/C18H18ClNO4S/c1-14-9-10-17(23-2)18(13-14)25(21,22)20-11-5-6-12-24-16-8-4-3-7-15(16)19/h3-4,7-10,13,20H,11-12H2,1-2H3. The van der Waals surface area contributed by atoms with Gasteiger partial charge in [0.2, 0.25) is 10.0 Å². The summed E-state index contributed by atoms with van der Waals surface area (Å²) in [5.41, 5.74) is 0.820. The fraction of sp³-hybridized carbons (Fsp3) is 0.222. The molecule has 0 spiro atoms. The molecule has 0 unspecified atom stereocenters. The van der Waals surface area contributed by atoms with Crippen LogP contribution in [0.2, 0.25) is 5.02 Å². The van der Waals surface area contributed by atoms with Crippen LogP contribution >= 0.6 is 11.6 Å². The summed E-state index contributed by atoms with van der Waals surface area (Å²) in [6.07, 6.45) is 0. The Morgan fingerprint density at radius 2 is 1.88 bits per heavy atom. The van der Waals surface area contributed by atoms with Crippen LogP contribution in [0.4, 0.5) is 0 Å². The lowest BCUT2D eigenvalue weighted by Gasteiger charge is -2.10. The van der Waals surface area contributed by atoms with Crippen LogP contribution in [0.5, 0.6) is 11.5 Å². The van der Waals surface area contributed by atoms with Crippen LogP contribution in [-0.2, 0) is 10.0 Å². The molecule has 0 fully saturated rings. The highest BCUT2D eigenvalue weighted by Crippen LogP contribution is 2.24. The number of rotatable bonds is 6. The van der Waals surface area contributed by atoms with Crippen molar-refractivity contribution in [3.05, 3.63) is 53.1 Å². The van der Waals surface area contributed by atoms with Gasteiger partial charge in [-0.25, -0.2) is 8.42 Å². The van der Waals surface area contributed by atoms with E-state index in [-0.39, 0.29) is 23.8 Å². The lowest BCUT2D eigenvalue weighted by Crippen LogP contribution is -2.24. The number of halogens is 1. The Morgan fingerprint density at radius 1 is 1.12 bits per heavy atom. The lowest BCUT2D eigenvalue weighted by molar-refractivity contribution is 0.370. The number of ether oxygens (including phenoxy) is 2. The maximum absolute atomic E-state index is 12.4. The molecule has 2 rings (SSSR count). The molecule has 2 aromatic carbocycles. The van der Waals surface area contributed by atoms with Gasteiger partial charge < -0.3 is 9.47 Å². The molecule has 0 aromatic heterocycles. The van der Waals surface area contributed by atoms with Crippen molar-refractivity contribution < 1.29 is 17.9 Å². The van der Waals surface area contributed by atoms with Crippen LogP contribution < -0.4 is 14.2 Å².